The Morgan fingerprint density at radius 3 is 2.82 bits per heavy atom. The van der Waals surface area contributed by atoms with Crippen molar-refractivity contribution in [2.24, 2.45) is 0 Å². The molecule has 94 valence electrons. The van der Waals surface area contributed by atoms with Gasteiger partial charge in [-0.1, -0.05) is 18.2 Å². The quantitative estimate of drug-likeness (QED) is 0.794. The number of hydrogen-bond donors (Lipinski definition) is 1. The number of methoxy groups -OCH3 is 1. The fraction of sp³-hybridized carbons (Fsp3) is 0.462. The summed E-state index contributed by atoms with van der Waals surface area (Å²) >= 11 is 5.55. The Morgan fingerprint density at radius 1 is 1.47 bits per heavy atom. The smallest absolute Gasteiger partial charge is 0.220 e. The minimum Gasteiger partial charge on any atom is -0.496 e. The first-order chi connectivity index (χ1) is 8.19. The van der Waals surface area contributed by atoms with E-state index in [-0.39, 0.29) is 11.9 Å². The third-order valence-corrected chi connectivity index (χ3v) is 2.79. The van der Waals surface area contributed by atoms with E-state index in [4.69, 9.17) is 16.3 Å². The highest BCUT2D eigenvalue weighted by molar-refractivity contribution is 6.17. The first-order valence-electron chi connectivity index (χ1n) is 5.67. The third-order valence-electron chi connectivity index (χ3n) is 2.52. The fourth-order valence-electron chi connectivity index (χ4n) is 1.64. The van der Waals surface area contributed by atoms with Crippen LogP contribution in [0.25, 0.3) is 0 Å². The third kappa shape index (κ3) is 4.27. The van der Waals surface area contributed by atoms with Crippen LogP contribution in [0.1, 0.15) is 31.4 Å². The van der Waals surface area contributed by atoms with Crippen molar-refractivity contribution in [3.8, 4) is 5.75 Å². The number of carbonyl (C=O) groups is 1. The second-order valence-electron chi connectivity index (χ2n) is 3.82. The number of carbonyl (C=O) groups excluding carboxylic acids is 1. The van der Waals surface area contributed by atoms with Crippen molar-refractivity contribution in [2.45, 2.75) is 25.8 Å². The van der Waals surface area contributed by atoms with Crippen LogP contribution < -0.4 is 10.1 Å². The molecule has 0 aliphatic carbocycles. The molecular weight excluding hydrogens is 238 g/mol. The molecule has 1 unspecified atom stereocenters. The second kappa shape index (κ2) is 7.17. The monoisotopic (exact) mass is 255 g/mol. The van der Waals surface area contributed by atoms with Gasteiger partial charge in [0.05, 0.1) is 13.2 Å². The van der Waals surface area contributed by atoms with E-state index in [2.05, 4.69) is 5.32 Å². The number of alkyl halides is 1. The summed E-state index contributed by atoms with van der Waals surface area (Å²) in [4.78, 5) is 11.6. The summed E-state index contributed by atoms with van der Waals surface area (Å²) < 4.78 is 5.26. The minimum absolute atomic E-state index is 0.0176. The first kappa shape index (κ1) is 13.8. The molecule has 0 spiro atoms. The zero-order valence-electron chi connectivity index (χ0n) is 10.2. The van der Waals surface area contributed by atoms with E-state index in [1.165, 1.54) is 0 Å². The number of rotatable bonds is 6. The predicted molar refractivity (Wildman–Crippen MR) is 69.5 cm³/mol. The Morgan fingerprint density at radius 2 is 2.18 bits per heavy atom. The molecule has 0 fully saturated rings. The van der Waals surface area contributed by atoms with E-state index >= 15 is 0 Å². The molecule has 4 heteroatoms. The van der Waals surface area contributed by atoms with Gasteiger partial charge in [0, 0.05) is 17.9 Å². The highest BCUT2D eigenvalue weighted by atomic mass is 35.5. The van der Waals surface area contributed by atoms with Crippen molar-refractivity contribution >= 4 is 17.5 Å². The molecule has 1 amide bonds. The van der Waals surface area contributed by atoms with Gasteiger partial charge in [0.15, 0.2) is 0 Å². The molecule has 0 aromatic heterocycles. The number of amides is 1. The zero-order chi connectivity index (χ0) is 12.7. The van der Waals surface area contributed by atoms with E-state index in [0.29, 0.717) is 18.7 Å². The topological polar surface area (TPSA) is 38.3 Å². The van der Waals surface area contributed by atoms with Crippen molar-refractivity contribution in [3.05, 3.63) is 29.8 Å². The fourth-order valence-corrected chi connectivity index (χ4v) is 1.78. The summed E-state index contributed by atoms with van der Waals surface area (Å²) in [6.07, 6.45) is 1.16. The second-order valence-corrected chi connectivity index (χ2v) is 4.20. The van der Waals surface area contributed by atoms with Gasteiger partial charge < -0.3 is 10.1 Å². The molecular formula is C13H18ClNO2. The van der Waals surface area contributed by atoms with E-state index in [0.717, 1.165) is 11.3 Å². The largest absolute Gasteiger partial charge is 0.496 e. The van der Waals surface area contributed by atoms with Gasteiger partial charge in [0.1, 0.15) is 5.75 Å². The zero-order valence-corrected chi connectivity index (χ0v) is 11.0. The molecule has 0 bridgehead atoms. The van der Waals surface area contributed by atoms with Gasteiger partial charge in [-0.2, -0.15) is 0 Å². The van der Waals surface area contributed by atoms with Crippen LogP contribution in [0.2, 0.25) is 0 Å². The molecule has 0 saturated heterocycles. The van der Waals surface area contributed by atoms with Crippen molar-refractivity contribution in [1.29, 1.82) is 0 Å². The molecule has 1 aromatic carbocycles. The van der Waals surface area contributed by atoms with E-state index < -0.39 is 0 Å². The number of nitrogens with one attached hydrogen (secondary N) is 1. The highest BCUT2D eigenvalue weighted by Crippen LogP contribution is 2.24. The Kier molecular flexibility index (Phi) is 5.84. The Balaban J connectivity index is 2.62. The summed E-state index contributed by atoms with van der Waals surface area (Å²) in [6, 6.07) is 7.61. The summed E-state index contributed by atoms with van der Waals surface area (Å²) in [5.74, 6) is 1.32. The molecule has 17 heavy (non-hydrogen) atoms. The van der Waals surface area contributed by atoms with Crippen LogP contribution in [-0.2, 0) is 4.79 Å². The summed E-state index contributed by atoms with van der Waals surface area (Å²) in [6.45, 7) is 1.94. The van der Waals surface area contributed by atoms with E-state index in [1.54, 1.807) is 7.11 Å². The minimum atomic E-state index is -0.0611. The molecule has 1 atom stereocenters. The molecule has 0 aliphatic rings. The molecule has 1 aromatic rings. The lowest BCUT2D eigenvalue weighted by atomic mass is 10.1. The molecule has 3 nitrogen and oxygen atoms in total. The standard InChI is InChI=1S/C13H18ClNO2/c1-10(15-13(16)8-5-9-14)11-6-3-4-7-12(11)17-2/h3-4,6-7,10H,5,8-9H2,1-2H3,(H,15,16). The number of benzene rings is 1. The molecule has 1 rings (SSSR count). The maximum Gasteiger partial charge on any atom is 0.220 e. The summed E-state index contributed by atoms with van der Waals surface area (Å²) in [7, 11) is 1.63. The number of hydrogen-bond acceptors (Lipinski definition) is 2. The van der Waals surface area contributed by atoms with Crippen LogP contribution in [0.4, 0.5) is 0 Å². The van der Waals surface area contributed by atoms with Crippen LogP contribution in [0.15, 0.2) is 24.3 Å². The first-order valence-corrected chi connectivity index (χ1v) is 6.20. The number of ether oxygens (including phenoxy) is 1. The lowest BCUT2D eigenvalue weighted by molar-refractivity contribution is -0.121. The maximum atomic E-state index is 11.6. The van der Waals surface area contributed by atoms with Crippen LogP contribution in [0.3, 0.4) is 0 Å². The van der Waals surface area contributed by atoms with Gasteiger partial charge in [-0.05, 0) is 19.4 Å². The Labute approximate surface area is 107 Å². The van der Waals surface area contributed by atoms with Gasteiger partial charge in [-0.3, -0.25) is 4.79 Å². The van der Waals surface area contributed by atoms with Gasteiger partial charge in [-0.25, -0.2) is 0 Å². The van der Waals surface area contributed by atoms with Crippen LogP contribution in [0, 0.1) is 0 Å². The maximum absolute atomic E-state index is 11.6. The summed E-state index contributed by atoms with van der Waals surface area (Å²) in [5, 5.41) is 2.93. The van der Waals surface area contributed by atoms with Gasteiger partial charge in [0.2, 0.25) is 5.91 Å². The van der Waals surface area contributed by atoms with Crippen molar-refractivity contribution < 1.29 is 9.53 Å². The van der Waals surface area contributed by atoms with Crippen molar-refractivity contribution in [1.82, 2.24) is 5.32 Å². The van der Waals surface area contributed by atoms with E-state index in [1.807, 2.05) is 31.2 Å². The van der Waals surface area contributed by atoms with Crippen LogP contribution in [-0.4, -0.2) is 18.9 Å². The SMILES string of the molecule is COc1ccccc1C(C)NC(=O)CCCCl. The molecule has 0 heterocycles. The number of halogens is 1. The Bertz CT molecular complexity index is 368. The van der Waals surface area contributed by atoms with Gasteiger partial charge in [0.25, 0.3) is 0 Å². The lowest BCUT2D eigenvalue weighted by Crippen LogP contribution is -2.26. The van der Waals surface area contributed by atoms with Gasteiger partial charge in [-0.15, -0.1) is 11.6 Å². The Hall–Kier alpha value is -1.22. The average Bonchev–Trinajstić information content (AvgIpc) is 2.36. The summed E-state index contributed by atoms with van der Waals surface area (Å²) in [5.41, 5.74) is 0.981. The lowest BCUT2D eigenvalue weighted by Gasteiger charge is -2.17. The van der Waals surface area contributed by atoms with Crippen molar-refractivity contribution in [2.75, 3.05) is 13.0 Å². The van der Waals surface area contributed by atoms with Crippen LogP contribution >= 0.6 is 11.6 Å². The van der Waals surface area contributed by atoms with E-state index in [9.17, 15) is 4.79 Å². The molecule has 1 N–H and O–H groups in total. The number of para-hydroxylation sites is 1. The molecule has 0 saturated carbocycles. The normalized spacial score (nSPS) is 11.9. The molecule has 0 aliphatic heterocycles. The molecule has 0 radical (unpaired) electrons. The van der Waals surface area contributed by atoms with Crippen LogP contribution in [0.5, 0.6) is 5.75 Å². The average molecular weight is 256 g/mol. The highest BCUT2D eigenvalue weighted by Gasteiger charge is 2.12. The van der Waals surface area contributed by atoms with Gasteiger partial charge >= 0.3 is 0 Å². The van der Waals surface area contributed by atoms with Crippen molar-refractivity contribution in [3.63, 3.8) is 0 Å². The predicted octanol–water partition coefficient (Wildman–Crippen LogP) is 2.89.